The molecule has 0 aliphatic carbocycles. The Balaban J connectivity index is 0.000000494. The molecule has 1 aromatic carbocycles. The third-order valence-corrected chi connectivity index (χ3v) is 1.93. The summed E-state index contributed by atoms with van der Waals surface area (Å²) in [6.07, 6.45) is 0.398. The Bertz CT molecular complexity index is 392. The molecule has 1 aromatic rings. The minimum atomic E-state index is -0.968. The first kappa shape index (κ1) is 15.9. The number of carboxylic acids is 1. The van der Waals surface area contributed by atoms with E-state index >= 15 is 0 Å². The number of phenols is 1. The number of hydrogen-bond donors (Lipinski definition) is 5. The standard InChI is InChI=1S/C9H12N2O2.C2H5NO2/c10-8(9(11)13)5-6-1-3-7(12)4-2-6;3-1-2(4)5/h1-4,8,12H,5,10H2,(H2,11,13);1,3H2,(H,4,5). The Morgan fingerprint density at radius 1 is 1.22 bits per heavy atom. The maximum Gasteiger partial charge on any atom is 0.317 e. The monoisotopic (exact) mass is 255 g/mol. The molecule has 0 fully saturated rings. The lowest BCUT2D eigenvalue weighted by atomic mass is 10.1. The van der Waals surface area contributed by atoms with Gasteiger partial charge in [-0.25, -0.2) is 0 Å². The molecule has 0 aliphatic heterocycles. The van der Waals surface area contributed by atoms with Crippen LogP contribution in [-0.2, 0) is 16.0 Å². The van der Waals surface area contributed by atoms with Crippen molar-refractivity contribution >= 4 is 11.9 Å². The molecule has 1 atom stereocenters. The lowest BCUT2D eigenvalue weighted by molar-refractivity contribution is -0.135. The first-order valence-corrected chi connectivity index (χ1v) is 5.11. The molecular formula is C11H17N3O4. The normalized spacial score (nSPS) is 11.0. The van der Waals surface area contributed by atoms with Crippen molar-refractivity contribution in [3.8, 4) is 5.75 Å². The molecule has 0 saturated heterocycles. The van der Waals surface area contributed by atoms with Crippen LogP contribution in [0.2, 0.25) is 0 Å². The average molecular weight is 255 g/mol. The fourth-order valence-electron chi connectivity index (χ4n) is 0.987. The third-order valence-electron chi connectivity index (χ3n) is 1.93. The van der Waals surface area contributed by atoms with Gasteiger partial charge in [0.1, 0.15) is 5.75 Å². The summed E-state index contributed by atoms with van der Waals surface area (Å²) in [5.41, 5.74) is 15.9. The zero-order valence-corrected chi connectivity index (χ0v) is 9.74. The van der Waals surface area contributed by atoms with Crippen molar-refractivity contribution in [2.24, 2.45) is 17.2 Å². The van der Waals surface area contributed by atoms with Crippen LogP contribution in [0.4, 0.5) is 0 Å². The molecule has 7 nitrogen and oxygen atoms in total. The zero-order chi connectivity index (χ0) is 14.1. The first-order chi connectivity index (χ1) is 8.36. The second-order valence-electron chi connectivity index (χ2n) is 3.48. The van der Waals surface area contributed by atoms with E-state index in [2.05, 4.69) is 5.73 Å². The number of aromatic hydroxyl groups is 1. The summed E-state index contributed by atoms with van der Waals surface area (Å²) >= 11 is 0. The van der Waals surface area contributed by atoms with Crippen molar-refractivity contribution in [3.05, 3.63) is 29.8 Å². The molecule has 8 N–H and O–H groups in total. The zero-order valence-electron chi connectivity index (χ0n) is 9.74. The number of rotatable bonds is 4. The van der Waals surface area contributed by atoms with Crippen molar-refractivity contribution in [2.75, 3.05) is 6.54 Å². The maximum absolute atomic E-state index is 10.6. The van der Waals surface area contributed by atoms with Gasteiger partial charge in [-0.15, -0.1) is 0 Å². The lowest BCUT2D eigenvalue weighted by Gasteiger charge is -2.06. The fraction of sp³-hybridized carbons (Fsp3) is 0.273. The summed E-state index contributed by atoms with van der Waals surface area (Å²) in [4.78, 5) is 19.9. The molecule has 100 valence electrons. The third kappa shape index (κ3) is 7.20. The molecule has 0 aliphatic rings. The number of amides is 1. The smallest absolute Gasteiger partial charge is 0.317 e. The number of carbonyl (C=O) groups excluding carboxylic acids is 1. The van der Waals surface area contributed by atoms with E-state index in [9.17, 15) is 9.59 Å². The van der Waals surface area contributed by atoms with E-state index in [1.807, 2.05) is 0 Å². The lowest BCUT2D eigenvalue weighted by Crippen LogP contribution is -2.38. The van der Waals surface area contributed by atoms with Gasteiger partial charge in [0.25, 0.3) is 0 Å². The first-order valence-electron chi connectivity index (χ1n) is 5.11. The molecule has 0 radical (unpaired) electrons. The highest BCUT2D eigenvalue weighted by molar-refractivity contribution is 5.79. The minimum absolute atomic E-state index is 0.191. The number of nitrogens with two attached hydrogens (primary N) is 3. The van der Waals surface area contributed by atoms with E-state index in [4.69, 9.17) is 21.7 Å². The van der Waals surface area contributed by atoms with E-state index in [0.29, 0.717) is 6.42 Å². The molecule has 0 aromatic heterocycles. The van der Waals surface area contributed by atoms with Gasteiger partial charge in [0, 0.05) is 0 Å². The Hall–Kier alpha value is -2.12. The van der Waals surface area contributed by atoms with Gasteiger partial charge in [0.05, 0.1) is 12.6 Å². The van der Waals surface area contributed by atoms with E-state index < -0.39 is 17.9 Å². The highest BCUT2D eigenvalue weighted by Crippen LogP contribution is 2.10. The average Bonchev–Trinajstić information content (AvgIpc) is 2.32. The number of phenolic OH excluding ortho intramolecular Hbond substituents is 1. The SMILES string of the molecule is NC(=O)C(N)Cc1ccc(O)cc1.NCC(=O)O. The summed E-state index contributed by atoms with van der Waals surface area (Å²) in [5.74, 6) is -1.30. The molecule has 1 rings (SSSR count). The van der Waals surface area contributed by atoms with Crippen molar-refractivity contribution in [3.63, 3.8) is 0 Å². The van der Waals surface area contributed by atoms with Gasteiger partial charge >= 0.3 is 5.97 Å². The molecule has 0 heterocycles. The van der Waals surface area contributed by atoms with Crippen LogP contribution in [0.15, 0.2) is 24.3 Å². The Kier molecular flexibility index (Phi) is 7.10. The van der Waals surface area contributed by atoms with Crippen LogP contribution in [0.3, 0.4) is 0 Å². The van der Waals surface area contributed by atoms with Crippen molar-refractivity contribution in [2.45, 2.75) is 12.5 Å². The second kappa shape index (κ2) is 8.04. The van der Waals surface area contributed by atoms with Crippen LogP contribution in [0.1, 0.15) is 5.56 Å². The van der Waals surface area contributed by atoms with Gasteiger partial charge in [-0.3, -0.25) is 9.59 Å². The molecule has 1 amide bonds. The number of benzene rings is 1. The van der Waals surface area contributed by atoms with E-state index in [0.717, 1.165) is 5.56 Å². The number of carbonyl (C=O) groups is 2. The predicted molar refractivity (Wildman–Crippen MR) is 65.7 cm³/mol. The topological polar surface area (TPSA) is 153 Å². The van der Waals surface area contributed by atoms with Crippen molar-refractivity contribution < 1.29 is 19.8 Å². The van der Waals surface area contributed by atoms with Crippen molar-refractivity contribution in [1.82, 2.24) is 0 Å². The summed E-state index contributed by atoms with van der Waals surface area (Å²) in [6.45, 7) is -0.278. The van der Waals surface area contributed by atoms with Crippen LogP contribution in [-0.4, -0.2) is 34.7 Å². The van der Waals surface area contributed by atoms with Gasteiger partial charge in [0.2, 0.25) is 5.91 Å². The van der Waals surface area contributed by atoms with Gasteiger partial charge in [-0.1, -0.05) is 12.1 Å². The minimum Gasteiger partial charge on any atom is -0.508 e. The molecule has 0 spiro atoms. The summed E-state index contributed by atoms with van der Waals surface area (Å²) in [6, 6.07) is 5.84. The van der Waals surface area contributed by atoms with Crippen molar-refractivity contribution in [1.29, 1.82) is 0 Å². The Morgan fingerprint density at radius 2 is 1.67 bits per heavy atom. The molecule has 1 unspecified atom stereocenters. The molecule has 0 saturated carbocycles. The van der Waals surface area contributed by atoms with Gasteiger partial charge < -0.3 is 27.4 Å². The Labute approximate surface area is 104 Å². The predicted octanol–water partition coefficient (Wildman–Crippen LogP) is -1.22. The number of carboxylic acid groups (broad SMARTS) is 1. The highest BCUT2D eigenvalue weighted by atomic mass is 16.4. The molecule has 18 heavy (non-hydrogen) atoms. The molecule has 7 heteroatoms. The Morgan fingerprint density at radius 3 is 2.00 bits per heavy atom. The summed E-state index contributed by atoms with van der Waals surface area (Å²) < 4.78 is 0. The quantitative estimate of drug-likeness (QED) is 0.454. The van der Waals surface area contributed by atoms with Crippen LogP contribution in [0, 0.1) is 0 Å². The van der Waals surface area contributed by atoms with Gasteiger partial charge in [-0.2, -0.15) is 0 Å². The number of hydrogen-bond acceptors (Lipinski definition) is 5. The van der Waals surface area contributed by atoms with E-state index in [-0.39, 0.29) is 12.3 Å². The van der Waals surface area contributed by atoms with Gasteiger partial charge in [-0.05, 0) is 24.1 Å². The largest absolute Gasteiger partial charge is 0.508 e. The van der Waals surface area contributed by atoms with E-state index in [1.54, 1.807) is 24.3 Å². The summed E-state index contributed by atoms with van der Waals surface area (Å²) in [5, 5.41) is 16.6. The second-order valence-corrected chi connectivity index (χ2v) is 3.48. The van der Waals surface area contributed by atoms with Crippen LogP contribution in [0.5, 0.6) is 5.75 Å². The van der Waals surface area contributed by atoms with Crippen LogP contribution in [0.25, 0.3) is 0 Å². The molecule has 0 bridgehead atoms. The van der Waals surface area contributed by atoms with Crippen LogP contribution >= 0.6 is 0 Å². The highest BCUT2D eigenvalue weighted by Gasteiger charge is 2.09. The maximum atomic E-state index is 10.6. The number of aliphatic carboxylic acids is 1. The summed E-state index contributed by atoms with van der Waals surface area (Å²) in [7, 11) is 0. The number of primary amides is 1. The van der Waals surface area contributed by atoms with E-state index in [1.165, 1.54) is 0 Å². The fourth-order valence-corrected chi connectivity index (χ4v) is 0.987. The molecular weight excluding hydrogens is 238 g/mol. The van der Waals surface area contributed by atoms with Gasteiger partial charge in [0.15, 0.2) is 0 Å². The van der Waals surface area contributed by atoms with Crippen LogP contribution < -0.4 is 17.2 Å².